The maximum atomic E-state index is 13.5. The van der Waals surface area contributed by atoms with Crippen molar-refractivity contribution in [2.75, 3.05) is 19.3 Å². The van der Waals surface area contributed by atoms with Crippen molar-refractivity contribution < 1.29 is 39.6 Å². The summed E-state index contributed by atoms with van der Waals surface area (Å²) in [5.41, 5.74) is -2.05. The molecule has 0 bridgehead atoms. The Morgan fingerprint density at radius 1 is 1.10 bits per heavy atom. The predicted octanol–water partition coefficient (Wildman–Crippen LogP) is 5.26. The number of thioether (sulfide) groups is 1. The van der Waals surface area contributed by atoms with Gasteiger partial charge in [0.15, 0.2) is 0 Å². The number of nitrogens with one attached hydrogen (secondary N) is 2. The van der Waals surface area contributed by atoms with E-state index in [4.69, 9.17) is 0 Å². The highest BCUT2D eigenvalue weighted by molar-refractivity contribution is 8.18. The average molecular weight is 606 g/mol. The van der Waals surface area contributed by atoms with Crippen LogP contribution in [-0.4, -0.2) is 48.6 Å². The molecular formula is C24H21F6N5O3S2. The maximum Gasteiger partial charge on any atom is 0.416 e. The van der Waals surface area contributed by atoms with Crippen LogP contribution >= 0.6 is 11.8 Å². The van der Waals surface area contributed by atoms with Gasteiger partial charge in [0.2, 0.25) is 10.0 Å². The number of aromatic nitrogens is 2. The molecule has 16 heteroatoms. The first-order valence-electron chi connectivity index (χ1n) is 11.5. The Morgan fingerprint density at radius 3 is 2.52 bits per heavy atom. The Balaban J connectivity index is 1.54. The maximum absolute atomic E-state index is 13.5. The lowest BCUT2D eigenvalue weighted by molar-refractivity contribution is -0.143. The van der Waals surface area contributed by atoms with Crippen molar-refractivity contribution in [3.8, 4) is 0 Å². The molecule has 0 radical (unpaired) electrons. The molecule has 0 saturated carbocycles. The molecule has 0 aliphatic carbocycles. The molecule has 2 heterocycles. The van der Waals surface area contributed by atoms with E-state index in [1.807, 2.05) is 0 Å². The quantitative estimate of drug-likeness (QED) is 0.269. The Kier molecular flexibility index (Phi) is 8.33. The number of amidine groups is 1. The number of rotatable bonds is 8. The molecule has 1 saturated heterocycles. The molecule has 40 heavy (non-hydrogen) atoms. The number of fused-ring (bicyclic) bond motifs is 1. The first kappa shape index (κ1) is 29.6. The van der Waals surface area contributed by atoms with Gasteiger partial charge in [-0.1, -0.05) is 12.1 Å². The van der Waals surface area contributed by atoms with Crippen molar-refractivity contribution in [1.29, 1.82) is 0 Å². The van der Waals surface area contributed by atoms with Gasteiger partial charge in [-0.25, -0.2) is 13.1 Å². The third-order valence-electron chi connectivity index (χ3n) is 5.57. The highest BCUT2D eigenvalue weighted by Gasteiger charge is 2.38. The Morgan fingerprint density at radius 2 is 1.85 bits per heavy atom. The van der Waals surface area contributed by atoms with E-state index < -0.39 is 40.0 Å². The number of carbonyl (C=O) groups is 1. The minimum atomic E-state index is -4.99. The van der Waals surface area contributed by atoms with Crippen LogP contribution in [0.1, 0.15) is 28.7 Å². The van der Waals surface area contributed by atoms with Crippen molar-refractivity contribution in [2.24, 2.45) is 4.99 Å². The molecule has 3 aromatic rings. The molecule has 1 amide bonds. The standard InChI is InChI=1S/C24H21F6N5O3S2/c1-40(37,38)32-8-2-7-31-21-20(39-22(36)33-21)10-14-3-6-19-16(9-14)13-35(34-19)12-15-4-5-17(23(25,26)27)11-18(15)24(28,29)30/h3-6,9-11,13,32H,2,7-8,12H2,1H3,(H,31,33,36)/b20-10-. The van der Waals surface area contributed by atoms with Gasteiger partial charge in [-0.3, -0.25) is 14.5 Å². The summed E-state index contributed by atoms with van der Waals surface area (Å²) >= 11 is 0.917. The molecule has 8 nitrogen and oxygen atoms in total. The van der Waals surface area contributed by atoms with Gasteiger partial charge in [0.25, 0.3) is 5.24 Å². The van der Waals surface area contributed by atoms with E-state index in [0.717, 1.165) is 24.1 Å². The third kappa shape index (κ3) is 7.63. The van der Waals surface area contributed by atoms with Gasteiger partial charge in [-0.15, -0.1) is 0 Å². The molecule has 1 aliphatic heterocycles. The van der Waals surface area contributed by atoms with Crippen LogP contribution < -0.4 is 10.0 Å². The van der Waals surface area contributed by atoms with E-state index in [0.29, 0.717) is 39.7 Å². The Bertz CT molecular complexity index is 1610. The van der Waals surface area contributed by atoms with Crippen LogP contribution in [0.3, 0.4) is 0 Å². The Labute approximate surface area is 228 Å². The van der Waals surface area contributed by atoms with Crippen molar-refractivity contribution in [1.82, 2.24) is 19.8 Å². The second-order valence-electron chi connectivity index (χ2n) is 8.79. The number of halogens is 6. The molecular weight excluding hydrogens is 584 g/mol. The summed E-state index contributed by atoms with van der Waals surface area (Å²) in [6, 6.07) is 6.50. The fourth-order valence-electron chi connectivity index (χ4n) is 3.82. The van der Waals surface area contributed by atoms with Gasteiger partial charge in [-0.05, 0) is 59.7 Å². The molecule has 1 aromatic heterocycles. The van der Waals surface area contributed by atoms with E-state index in [1.165, 1.54) is 10.9 Å². The number of sulfonamides is 1. The zero-order valence-corrected chi connectivity index (χ0v) is 22.2. The number of alkyl halides is 6. The van der Waals surface area contributed by atoms with Gasteiger partial charge < -0.3 is 5.32 Å². The van der Waals surface area contributed by atoms with Gasteiger partial charge >= 0.3 is 12.4 Å². The fourth-order valence-corrected chi connectivity index (χ4v) is 5.09. The second-order valence-corrected chi connectivity index (χ2v) is 11.6. The average Bonchev–Trinajstić information content (AvgIpc) is 3.38. The van der Waals surface area contributed by atoms with Crippen LogP contribution in [0.4, 0.5) is 31.1 Å². The molecule has 0 spiro atoms. The Hall–Kier alpha value is -3.37. The van der Waals surface area contributed by atoms with E-state index in [-0.39, 0.29) is 30.0 Å². The normalized spacial score (nSPS) is 16.8. The number of carbonyl (C=O) groups excluding carboxylic acids is 1. The van der Waals surface area contributed by atoms with Crippen molar-refractivity contribution in [3.05, 3.63) is 69.8 Å². The molecule has 2 aromatic carbocycles. The summed E-state index contributed by atoms with van der Waals surface area (Å²) in [6.07, 6.45) is -5.29. The van der Waals surface area contributed by atoms with Gasteiger partial charge in [0.1, 0.15) is 5.84 Å². The van der Waals surface area contributed by atoms with Crippen LogP contribution in [0.15, 0.2) is 52.5 Å². The molecule has 1 fully saturated rings. The summed E-state index contributed by atoms with van der Waals surface area (Å²) in [5.74, 6) is 0.326. The summed E-state index contributed by atoms with van der Waals surface area (Å²) in [5, 5.41) is 7.07. The number of benzene rings is 2. The second kappa shape index (κ2) is 11.2. The zero-order chi connectivity index (χ0) is 29.3. The first-order chi connectivity index (χ1) is 18.6. The molecule has 0 atom stereocenters. The van der Waals surface area contributed by atoms with Crippen LogP contribution in [-0.2, 0) is 28.9 Å². The molecule has 2 N–H and O–H groups in total. The van der Waals surface area contributed by atoms with E-state index >= 15 is 0 Å². The number of hydrogen-bond acceptors (Lipinski definition) is 6. The smallest absolute Gasteiger partial charge is 0.300 e. The first-order valence-corrected chi connectivity index (χ1v) is 14.2. The van der Waals surface area contributed by atoms with Crippen molar-refractivity contribution in [3.63, 3.8) is 0 Å². The van der Waals surface area contributed by atoms with Crippen molar-refractivity contribution in [2.45, 2.75) is 25.3 Å². The lowest BCUT2D eigenvalue weighted by Crippen LogP contribution is -2.24. The minimum absolute atomic E-state index is 0.0960. The number of nitrogens with zero attached hydrogens (tertiary/aromatic N) is 3. The predicted molar refractivity (Wildman–Crippen MR) is 139 cm³/mol. The molecule has 0 unspecified atom stereocenters. The molecule has 1 aliphatic rings. The molecule has 4 rings (SSSR count). The van der Waals surface area contributed by atoms with Crippen LogP contribution in [0.5, 0.6) is 0 Å². The van der Waals surface area contributed by atoms with E-state index in [1.54, 1.807) is 24.3 Å². The molecule has 214 valence electrons. The lowest BCUT2D eigenvalue weighted by Gasteiger charge is -2.16. The number of aliphatic imine (C=N–C) groups is 1. The summed E-state index contributed by atoms with van der Waals surface area (Å²) in [4.78, 5) is 16.8. The largest absolute Gasteiger partial charge is 0.416 e. The van der Waals surface area contributed by atoms with Gasteiger partial charge in [0, 0.05) is 24.7 Å². The van der Waals surface area contributed by atoms with Gasteiger partial charge in [0.05, 0.1) is 34.3 Å². The van der Waals surface area contributed by atoms with Crippen LogP contribution in [0, 0.1) is 0 Å². The van der Waals surface area contributed by atoms with E-state index in [9.17, 15) is 39.6 Å². The summed E-state index contributed by atoms with van der Waals surface area (Å²) in [6.45, 7) is 0.0381. The van der Waals surface area contributed by atoms with Gasteiger partial charge in [-0.2, -0.15) is 31.4 Å². The fraction of sp³-hybridized carbons (Fsp3) is 0.292. The summed E-state index contributed by atoms with van der Waals surface area (Å²) < 4.78 is 105. The van der Waals surface area contributed by atoms with Crippen LogP contribution in [0.25, 0.3) is 17.0 Å². The van der Waals surface area contributed by atoms with Crippen LogP contribution in [0.2, 0.25) is 0 Å². The highest BCUT2D eigenvalue weighted by Crippen LogP contribution is 2.37. The van der Waals surface area contributed by atoms with E-state index in [2.05, 4.69) is 20.1 Å². The summed E-state index contributed by atoms with van der Waals surface area (Å²) in [7, 11) is -3.32. The topological polar surface area (TPSA) is 105 Å². The SMILES string of the molecule is CS(=O)(=O)NCCCN=C1NC(=O)S/C1=C\c1ccc2nn(Cc3ccc(C(F)(F)F)cc3C(F)(F)F)cc2c1. The zero-order valence-electron chi connectivity index (χ0n) is 20.6. The third-order valence-corrected chi connectivity index (χ3v) is 7.12. The number of hydrogen-bond donors (Lipinski definition) is 2. The highest BCUT2D eigenvalue weighted by atomic mass is 32.2. The minimum Gasteiger partial charge on any atom is -0.300 e. The lowest BCUT2D eigenvalue weighted by atomic mass is 10.0. The monoisotopic (exact) mass is 605 g/mol. The van der Waals surface area contributed by atoms with Crippen molar-refractivity contribution >= 4 is 49.8 Å². The number of amides is 1.